The highest BCUT2D eigenvalue weighted by Gasteiger charge is 2.33. The van der Waals surface area contributed by atoms with Gasteiger partial charge in [-0.3, -0.25) is 19.5 Å². The Morgan fingerprint density at radius 3 is 2.10 bits per heavy atom. The minimum atomic E-state index is -0.865. The number of esters is 1. The maximum Gasteiger partial charge on any atom is 0.328 e. The lowest BCUT2D eigenvalue weighted by Crippen LogP contribution is -2.47. The summed E-state index contributed by atoms with van der Waals surface area (Å²) in [6.07, 6.45) is 3.76. The number of benzene rings is 3. The van der Waals surface area contributed by atoms with E-state index in [4.69, 9.17) is 4.74 Å². The van der Waals surface area contributed by atoms with Crippen molar-refractivity contribution in [3.63, 3.8) is 0 Å². The number of amides is 1. The number of hydrogen-bond acceptors (Lipinski definition) is 6. The number of thioether (sulfide) groups is 1. The molecule has 0 N–H and O–H groups in total. The number of carbonyl (C=O) groups is 3. The van der Waals surface area contributed by atoms with Crippen LogP contribution in [0.5, 0.6) is 0 Å². The molecular weight excluding hydrogens is 508 g/mol. The van der Waals surface area contributed by atoms with E-state index in [2.05, 4.69) is 4.98 Å². The van der Waals surface area contributed by atoms with Gasteiger partial charge in [0.15, 0.2) is 0 Å². The van der Waals surface area contributed by atoms with Crippen molar-refractivity contribution in [1.29, 1.82) is 0 Å². The molecule has 1 amide bonds. The van der Waals surface area contributed by atoms with Crippen LogP contribution >= 0.6 is 11.8 Å². The zero-order valence-corrected chi connectivity index (χ0v) is 22.7. The number of aromatic nitrogens is 1. The van der Waals surface area contributed by atoms with Crippen LogP contribution in [0.1, 0.15) is 22.8 Å². The van der Waals surface area contributed by atoms with Crippen LogP contribution in [0, 0.1) is 5.92 Å². The number of hydrogen-bond donors (Lipinski definition) is 0. The van der Waals surface area contributed by atoms with Crippen molar-refractivity contribution < 1.29 is 19.1 Å². The van der Waals surface area contributed by atoms with E-state index in [9.17, 15) is 14.4 Å². The second-order valence-electron chi connectivity index (χ2n) is 9.05. The van der Waals surface area contributed by atoms with Crippen LogP contribution in [0.25, 0.3) is 11.1 Å². The van der Waals surface area contributed by atoms with Crippen molar-refractivity contribution in [2.45, 2.75) is 19.4 Å². The molecule has 39 heavy (non-hydrogen) atoms. The minimum absolute atomic E-state index is 0.112. The maximum absolute atomic E-state index is 14.2. The summed E-state index contributed by atoms with van der Waals surface area (Å²) in [5.74, 6) is -1.14. The first-order valence-corrected chi connectivity index (χ1v) is 13.6. The topological polar surface area (TPSA) is 76.6 Å². The number of nitrogens with zero attached hydrogens (tertiary/aromatic N) is 2. The molecular formula is C32H30N2O4S. The van der Waals surface area contributed by atoms with Crippen LogP contribution in [0.15, 0.2) is 109 Å². The molecule has 0 fully saturated rings. The Labute approximate surface area is 233 Å². The Hall–Kier alpha value is -4.23. The van der Waals surface area contributed by atoms with Gasteiger partial charge in [0.1, 0.15) is 6.04 Å². The number of pyridine rings is 1. The van der Waals surface area contributed by atoms with Gasteiger partial charge in [-0.25, -0.2) is 4.79 Å². The molecule has 1 aromatic heterocycles. The molecule has 0 aliphatic carbocycles. The molecule has 0 saturated heterocycles. The predicted octanol–water partition coefficient (Wildman–Crippen LogP) is 6.08. The number of ether oxygens (including phenoxy) is 1. The molecule has 0 radical (unpaired) electrons. The largest absolute Gasteiger partial charge is 0.467 e. The minimum Gasteiger partial charge on any atom is -0.467 e. The molecule has 4 aromatic rings. The van der Waals surface area contributed by atoms with Crippen LogP contribution in [-0.4, -0.2) is 40.9 Å². The van der Waals surface area contributed by atoms with Gasteiger partial charge in [0, 0.05) is 29.4 Å². The summed E-state index contributed by atoms with van der Waals surface area (Å²) in [5, 5.41) is -0.112. The fourth-order valence-electron chi connectivity index (χ4n) is 4.31. The third-order valence-electron chi connectivity index (χ3n) is 6.40. The SMILES string of the molecule is COC(=O)[C@H](C)N(C(=O)C(CSC(=O)c1ccccc1)Cc1cccnc1)c1ccc(-c2ccccc2)cc1. The van der Waals surface area contributed by atoms with Crippen molar-refractivity contribution in [1.82, 2.24) is 4.98 Å². The Morgan fingerprint density at radius 2 is 1.49 bits per heavy atom. The monoisotopic (exact) mass is 538 g/mol. The zero-order chi connectivity index (χ0) is 27.6. The number of methoxy groups -OCH3 is 1. The van der Waals surface area contributed by atoms with E-state index in [1.807, 2.05) is 84.9 Å². The van der Waals surface area contributed by atoms with Gasteiger partial charge in [-0.05, 0) is 48.2 Å². The van der Waals surface area contributed by atoms with E-state index in [0.717, 1.165) is 28.5 Å². The predicted molar refractivity (Wildman–Crippen MR) is 156 cm³/mol. The number of carbonyl (C=O) groups excluding carboxylic acids is 3. The summed E-state index contributed by atoms with van der Waals surface area (Å²) in [4.78, 5) is 45.4. The molecule has 1 unspecified atom stereocenters. The van der Waals surface area contributed by atoms with Gasteiger partial charge in [0.25, 0.3) is 0 Å². The van der Waals surface area contributed by atoms with E-state index >= 15 is 0 Å². The van der Waals surface area contributed by atoms with Crippen LogP contribution in [-0.2, 0) is 20.7 Å². The Morgan fingerprint density at radius 1 is 0.846 bits per heavy atom. The zero-order valence-electron chi connectivity index (χ0n) is 21.9. The van der Waals surface area contributed by atoms with Crippen molar-refractivity contribution in [2.24, 2.45) is 5.92 Å². The lowest BCUT2D eigenvalue weighted by atomic mass is 9.99. The quantitative estimate of drug-likeness (QED) is 0.228. The molecule has 198 valence electrons. The van der Waals surface area contributed by atoms with Crippen molar-refractivity contribution >= 4 is 34.4 Å². The normalized spacial score (nSPS) is 12.3. The highest BCUT2D eigenvalue weighted by molar-refractivity contribution is 8.14. The van der Waals surface area contributed by atoms with Crippen LogP contribution in [0.2, 0.25) is 0 Å². The number of anilines is 1. The van der Waals surface area contributed by atoms with Gasteiger partial charge < -0.3 is 4.74 Å². The Balaban J connectivity index is 1.64. The summed E-state index contributed by atoms with van der Waals surface area (Å²) in [5.41, 5.74) is 4.06. The van der Waals surface area contributed by atoms with E-state index in [-0.39, 0.29) is 16.8 Å². The smallest absolute Gasteiger partial charge is 0.328 e. The van der Waals surface area contributed by atoms with Gasteiger partial charge in [-0.2, -0.15) is 0 Å². The van der Waals surface area contributed by atoms with E-state index in [1.165, 1.54) is 12.0 Å². The summed E-state index contributed by atoms with van der Waals surface area (Å²) in [6, 6.07) is 29.3. The third-order valence-corrected chi connectivity index (χ3v) is 7.47. The van der Waals surface area contributed by atoms with E-state index < -0.39 is 17.9 Å². The highest BCUT2D eigenvalue weighted by atomic mass is 32.2. The molecule has 0 saturated carbocycles. The molecule has 7 heteroatoms. The third kappa shape index (κ3) is 7.21. The summed E-state index contributed by atoms with van der Waals surface area (Å²) < 4.78 is 5.01. The highest BCUT2D eigenvalue weighted by Crippen LogP contribution is 2.28. The van der Waals surface area contributed by atoms with E-state index in [1.54, 1.807) is 31.5 Å². The van der Waals surface area contributed by atoms with Gasteiger partial charge in [0.2, 0.25) is 11.0 Å². The molecule has 3 aromatic carbocycles. The Bertz CT molecular complexity index is 1380. The molecule has 6 nitrogen and oxygen atoms in total. The van der Waals surface area contributed by atoms with E-state index in [0.29, 0.717) is 17.7 Å². The van der Waals surface area contributed by atoms with Gasteiger partial charge in [-0.1, -0.05) is 90.6 Å². The average molecular weight is 539 g/mol. The molecule has 1 heterocycles. The summed E-state index contributed by atoms with van der Waals surface area (Å²) in [7, 11) is 1.31. The second kappa shape index (κ2) is 13.5. The fraction of sp³-hybridized carbons (Fsp3) is 0.188. The standard InChI is InChI=1S/C32H30N2O4S/c1-23(31(36)38-2)34(29-17-15-26(16-18-29)25-11-5-3-6-12-25)30(35)28(20-24-10-9-19-33-21-24)22-39-32(37)27-13-7-4-8-14-27/h3-19,21,23,28H,20,22H2,1-2H3/t23-,28?/m0/s1. The number of rotatable bonds is 10. The van der Waals surface area contributed by atoms with Crippen LogP contribution in [0.4, 0.5) is 5.69 Å². The lowest BCUT2D eigenvalue weighted by Gasteiger charge is -2.31. The summed E-state index contributed by atoms with van der Waals surface area (Å²) in [6.45, 7) is 1.65. The first-order chi connectivity index (χ1) is 19.0. The van der Waals surface area contributed by atoms with Crippen LogP contribution in [0.3, 0.4) is 0 Å². The molecule has 0 aliphatic heterocycles. The van der Waals surface area contributed by atoms with Crippen molar-refractivity contribution in [2.75, 3.05) is 17.8 Å². The molecule has 0 spiro atoms. The Kier molecular flexibility index (Phi) is 9.64. The molecule has 0 aliphatic rings. The first kappa shape index (κ1) is 27.8. The molecule has 2 atom stereocenters. The van der Waals surface area contributed by atoms with Gasteiger partial charge in [-0.15, -0.1) is 0 Å². The van der Waals surface area contributed by atoms with Gasteiger partial charge >= 0.3 is 5.97 Å². The van der Waals surface area contributed by atoms with Gasteiger partial charge in [0.05, 0.1) is 13.0 Å². The van der Waals surface area contributed by atoms with Crippen molar-refractivity contribution in [3.05, 3.63) is 121 Å². The van der Waals surface area contributed by atoms with Crippen LogP contribution < -0.4 is 4.90 Å². The average Bonchev–Trinajstić information content (AvgIpc) is 3.00. The maximum atomic E-state index is 14.2. The second-order valence-corrected chi connectivity index (χ2v) is 10.0. The fourth-order valence-corrected chi connectivity index (χ4v) is 5.23. The molecule has 4 rings (SSSR count). The summed E-state index contributed by atoms with van der Waals surface area (Å²) >= 11 is 1.10. The molecule has 0 bridgehead atoms. The lowest BCUT2D eigenvalue weighted by molar-refractivity contribution is -0.143. The first-order valence-electron chi connectivity index (χ1n) is 12.7. The van der Waals surface area contributed by atoms with Crippen molar-refractivity contribution in [3.8, 4) is 11.1 Å².